The quantitative estimate of drug-likeness (QED) is 0.870. The summed E-state index contributed by atoms with van der Waals surface area (Å²) in [4.78, 5) is 8.71. The van der Waals surface area contributed by atoms with Crippen molar-refractivity contribution in [1.29, 1.82) is 0 Å². The van der Waals surface area contributed by atoms with Crippen LogP contribution in [0.5, 0.6) is 5.88 Å². The largest absolute Gasteiger partial charge is 0.481 e. The number of pyridine rings is 1. The average Bonchev–Trinajstić information content (AvgIpc) is 2.65. The summed E-state index contributed by atoms with van der Waals surface area (Å²) in [5.74, 6) is 1.79. The second-order valence-corrected chi connectivity index (χ2v) is 4.20. The first-order chi connectivity index (χ1) is 8.38. The van der Waals surface area contributed by atoms with E-state index < -0.39 is 0 Å². The number of aliphatic imine (C=N–C) groups is 1. The summed E-state index contributed by atoms with van der Waals surface area (Å²) in [5.41, 5.74) is 1.15. The van der Waals surface area contributed by atoms with Crippen LogP contribution in [0.3, 0.4) is 0 Å². The van der Waals surface area contributed by atoms with Crippen LogP contribution < -0.4 is 10.1 Å². The molecule has 2 rings (SSSR count). The zero-order chi connectivity index (χ0) is 11.9. The number of aromatic nitrogens is 1. The fraction of sp³-hybridized carbons (Fsp3) is 0.538. The standard InChI is InChI=1S/C13H19N3O/c1-17-13-7-6-11(10-16-13)9-15-12-5-3-2-4-8-14-12/h6-7,10H,2-5,8-9H2,1H3,(H,14,15). The Kier molecular flexibility index (Phi) is 4.36. The number of rotatable bonds is 3. The van der Waals surface area contributed by atoms with Gasteiger partial charge in [0.15, 0.2) is 0 Å². The molecular weight excluding hydrogens is 214 g/mol. The molecule has 1 aliphatic heterocycles. The van der Waals surface area contributed by atoms with Crippen molar-refractivity contribution in [2.75, 3.05) is 13.7 Å². The van der Waals surface area contributed by atoms with Gasteiger partial charge in [-0.3, -0.25) is 4.99 Å². The Labute approximate surface area is 102 Å². The first-order valence-electron chi connectivity index (χ1n) is 6.14. The van der Waals surface area contributed by atoms with Crippen LogP contribution in [0.15, 0.2) is 23.3 Å². The third-order valence-electron chi connectivity index (χ3n) is 2.88. The van der Waals surface area contributed by atoms with Crippen molar-refractivity contribution < 1.29 is 4.74 Å². The Morgan fingerprint density at radius 2 is 2.24 bits per heavy atom. The molecule has 92 valence electrons. The van der Waals surface area contributed by atoms with Crippen LogP contribution in [0.1, 0.15) is 31.2 Å². The fourth-order valence-corrected chi connectivity index (χ4v) is 1.86. The van der Waals surface area contributed by atoms with Crippen molar-refractivity contribution in [3.63, 3.8) is 0 Å². The molecule has 1 N–H and O–H groups in total. The second kappa shape index (κ2) is 6.23. The summed E-state index contributed by atoms with van der Waals surface area (Å²) < 4.78 is 5.02. The van der Waals surface area contributed by atoms with E-state index in [2.05, 4.69) is 15.3 Å². The molecule has 0 bridgehead atoms. The summed E-state index contributed by atoms with van der Waals surface area (Å²) in [5, 5.41) is 3.38. The third kappa shape index (κ3) is 3.73. The molecule has 1 aliphatic rings. The number of nitrogens with zero attached hydrogens (tertiary/aromatic N) is 2. The van der Waals surface area contributed by atoms with Crippen LogP contribution in [0.4, 0.5) is 0 Å². The van der Waals surface area contributed by atoms with E-state index in [4.69, 9.17) is 4.74 Å². The minimum atomic E-state index is 0.653. The monoisotopic (exact) mass is 233 g/mol. The fourth-order valence-electron chi connectivity index (χ4n) is 1.86. The highest BCUT2D eigenvalue weighted by atomic mass is 16.5. The van der Waals surface area contributed by atoms with Crippen molar-refractivity contribution in [3.8, 4) is 5.88 Å². The van der Waals surface area contributed by atoms with Crippen molar-refractivity contribution in [3.05, 3.63) is 23.9 Å². The zero-order valence-corrected chi connectivity index (χ0v) is 10.3. The normalized spacial score (nSPS) is 15.9. The van der Waals surface area contributed by atoms with Crippen LogP contribution in [0.25, 0.3) is 0 Å². The van der Waals surface area contributed by atoms with E-state index >= 15 is 0 Å². The molecule has 0 spiro atoms. The van der Waals surface area contributed by atoms with Gasteiger partial charge in [0.05, 0.1) is 12.9 Å². The Bertz CT molecular complexity index is 373. The molecule has 17 heavy (non-hydrogen) atoms. The number of nitrogens with one attached hydrogen (secondary N) is 1. The van der Waals surface area contributed by atoms with Gasteiger partial charge in [0.25, 0.3) is 0 Å². The summed E-state index contributed by atoms with van der Waals surface area (Å²) >= 11 is 0. The number of hydrogen-bond acceptors (Lipinski definition) is 4. The van der Waals surface area contributed by atoms with E-state index in [1.165, 1.54) is 19.3 Å². The number of amidine groups is 1. The van der Waals surface area contributed by atoms with E-state index in [0.29, 0.717) is 5.88 Å². The van der Waals surface area contributed by atoms with Crippen LogP contribution in [0, 0.1) is 0 Å². The lowest BCUT2D eigenvalue weighted by Gasteiger charge is -2.08. The minimum Gasteiger partial charge on any atom is -0.481 e. The van der Waals surface area contributed by atoms with Gasteiger partial charge in [-0.15, -0.1) is 0 Å². The topological polar surface area (TPSA) is 46.5 Å². The molecule has 0 saturated heterocycles. The summed E-state index contributed by atoms with van der Waals surface area (Å²) in [7, 11) is 1.63. The van der Waals surface area contributed by atoms with Gasteiger partial charge < -0.3 is 10.1 Å². The van der Waals surface area contributed by atoms with Crippen LogP contribution >= 0.6 is 0 Å². The number of ether oxygens (including phenoxy) is 1. The predicted octanol–water partition coefficient (Wildman–Crippen LogP) is 2.15. The lowest BCUT2D eigenvalue weighted by atomic mass is 10.2. The van der Waals surface area contributed by atoms with Gasteiger partial charge in [0.2, 0.25) is 5.88 Å². The number of methoxy groups -OCH3 is 1. The highest BCUT2D eigenvalue weighted by Gasteiger charge is 2.03. The maximum atomic E-state index is 5.02. The summed E-state index contributed by atoms with van der Waals surface area (Å²) in [6, 6.07) is 3.90. The minimum absolute atomic E-state index is 0.653. The molecule has 4 heteroatoms. The summed E-state index contributed by atoms with van der Waals surface area (Å²) in [6.45, 7) is 1.75. The molecule has 0 radical (unpaired) electrons. The van der Waals surface area contributed by atoms with Crippen molar-refractivity contribution >= 4 is 5.84 Å². The van der Waals surface area contributed by atoms with Gasteiger partial charge in [-0.05, 0) is 18.4 Å². The van der Waals surface area contributed by atoms with Crippen LogP contribution in [-0.2, 0) is 6.54 Å². The molecule has 0 saturated carbocycles. The van der Waals surface area contributed by atoms with Crippen molar-refractivity contribution in [2.45, 2.75) is 32.2 Å². The van der Waals surface area contributed by atoms with Crippen molar-refractivity contribution in [1.82, 2.24) is 10.3 Å². The van der Waals surface area contributed by atoms with E-state index in [1.807, 2.05) is 18.3 Å². The third-order valence-corrected chi connectivity index (χ3v) is 2.88. The van der Waals surface area contributed by atoms with Gasteiger partial charge >= 0.3 is 0 Å². The second-order valence-electron chi connectivity index (χ2n) is 4.20. The van der Waals surface area contributed by atoms with Gasteiger partial charge in [0.1, 0.15) is 0 Å². The molecule has 0 atom stereocenters. The van der Waals surface area contributed by atoms with E-state index in [0.717, 1.165) is 30.9 Å². The zero-order valence-electron chi connectivity index (χ0n) is 10.3. The van der Waals surface area contributed by atoms with Crippen LogP contribution in [0.2, 0.25) is 0 Å². The van der Waals surface area contributed by atoms with E-state index in [9.17, 15) is 0 Å². The molecular formula is C13H19N3O. The van der Waals surface area contributed by atoms with Gasteiger partial charge in [-0.25, -0.2) is 4.98 Å². The molecule has 1 aromatic heterocycles. The van der Waals surface area contributed by atoms with Gasteiger partial charge in [0, 0.05) is 31.8 Å². The first kappa shape index (κ1) is 11.9. The Morgan fingerprint density at radius 1 is 1.29 bits per heavy atom. The maximum Gasteiger partial charge on any atom is 0.212 e. The Balaban J connectivity index is 1.85. The van der Waals surface area contributed by atoms with Crippen molar-refractivity contribution in [2.24, 2.45) is 4.99 Å². The lowest BCUT2D eigenvalue weighted by molar-refractivity contribution is 0.397. The van der Waals surface area contributed by atoms with Gasteiger partial charge in [-0.2, -0.15) is 0 Å². The molecule has 4 nitrogen and oxygen atoms in total. The molecule has 0 unspecified atom stereocenters. The Hall–Kier alpha value is -1.58. The first-order valence-corrected chi connectivity index (χ1v) is 6.14. The number of hydrogen-bond donors (Lipinski definition) is 1. The average molecular weight is 233 g/mol. The SMILES string of the molecule is COc1ccc(CNC2=NCCCCC2)cn1. The predicted molar refractivity (Wildman–Crippen MR) is 68.4 cm³/mol. The summed E-state index contributed by atoms with van der Waals surface area (Å²) in [6.07, 6.45) is 6.66. The van der Waals surface area contributed by atoms with Crippen LogP contribution in [-0.4, -0.2) is 24.5 Å². The highest BCUT2D eigenvalue weighted by Crippen LogP contribution is 2.08. The van der Waals surface area contributed by atoms with E-state index in [1.54, 1.807) is 7.11 Å². The Morgan fingerprint density at radius 3 is 3.00 bits per heavy atom. The molecule has 0 fully saturated rings. The molecule has 0 aromatic carbocycles. The van der Waals surface area contributed by atoms with Gasteiger partial charge in [-0.1, -0.05) is 12.5 Å². The van der Waals surface area contributed by atoms with E-state index in [-0.39, 0.29) is 0 Å². The molecule has 1 aromatic rings. The molecule has 2 heterocycles. The highest BCUT2D eigenvalue weighted by molar-refractivity contribution is 5.82. The maximum absolute atomic E-state index is 5.02. The smallest absolute Gasteiger partial charge is 0.212 e. The molecule has 0 amide bonds. The lowest BCUT2D eigenvalue weighted by Crippen LogP contribution is -2.22. The molecule has 0 aliphatic carbocycles.